The van der Waals surface area contributed by atoms with E-state index in [0.29, 0.717) is 12.3 Å². The largest absolute Gasteiger partial charge is 0.342 e. The van der Waals surface area contributed by atoms with Gasteiger partial charge in [-0.25, -0.2) is 18.1 Å². The van der Waals surface area contributed by atoms with E-state index >= 15 is 0 Å². The molecule has 2 aromatic carbocycles. The Hall–Kier alpha value is -2.71. The van der Waals surface area contributed by atoms with Gasteiger partial charge >= 0.3 is 0 Å². The zero-order chi connectivity index (χ0) is 21.9. The molecule has 2 unspecified atom stereocenters. The van der Waals surface area contributed by atoms with Crippen LogP contribution in [0.5, 0.6) is 0 Å². The molecule has 2 heterocycles. The minimum absolute atomic E-state index is 0.0269. The van der Waals surface area contributed by atoms with Crippen LogP contribution in [0.4, 0.5) is 5.69 Å². The van der Waals surface area contributed by atoms with Crippen molar-refractivity contribution in [2.45, 2.75) is 62.9 Å². The fourth-order valence-electron chi connectivity index (χ4n) is 4.49. The molecule has 0 bridgehead atoms. The summed E-state index contributed by atoms with van der Waals surface area (Å²) in [6, 6.07) is 10.4. The van der Waals surface area contributed by atoms with Crippen molar-refractivity contribution in [1.29, 1.82) is 0 Å². The van der Waals surface area contributed by atoms with Crippen LogP contribution in [0, 0.1) is 0 Å². The van der Waals surface area contributed by atoms with E-state index in [9.17, 15) is 13.2 Å². The van der Waals surface area contributed by atoms with Crippen LogP contribution in [-0.4, -0.2) is 30.3 Å². The molecule has 0 radical (unpaired) electrons. The number of aromatic nitrogens is 2. The summed E-state index contributed by atoms with van der Waals surface area (Å²) in [4.78, 5) is 21.9. The average molecular weight is 439 g/mol. The lowest BCUT2D eigenvalue weighted by Crippen LogP contribution is -2.33. The van der Waals surface area contributed by atoms with E-state index in [-0.39, 0.29) is 16.8 Å². The standard InChI is InChI=1S/C23H26N4O3S/c1-13-10-18-11-19(7-9-22(18)27(13)15(3)28)31(29,30)26-14(2)17-6-8-20-21(12-17)25-23(24-20)16-4-5-16/h6-9,11-14,16,26H,4-5,10H2,1-3H3,(H,24,25). The lowest BCUT2D eigenvalue weighted by atomic mass is 10.1. The highest BCUT2D eigenvalue weighted by Crippen LogP contribution is 2.39. The van der Waals surface area contributed by atoms with Crippen LogP contribution in [0.15, 0.2) is 41.3 Å². The molecule has 8 heteroatoms. The number of sulfonamides is 1. The molecule has 2 atom stereocenters. The normalized spacial score (nSPS) is 19.6. The van der Waals surface area contributed by atoms with Gasteiger partial charge in [0.2, 0.25) is 15.9 Å². The average Bonchev–Trinajstić information content (AvgIpc) is 3.37. The van der Waals surface area contributed by atoms with Gasteiger partial charge in [-0.1, -0.05) is 6.07 Å². The van der Waals surface area contributed by atoms with Crippen molar-refractivity contribution in [3.05, 3.63) is 53.3 Å². The van der Waals surface area contributed by atoms with E-state index in [1.165, 1.54) is 19.8 Å². The van der Waals surface area contributed by atoms with Gasteiger partial charge in [0.15, 0.2) is 0 Å². The maximum atomic E-state index is 13.1. The second-order valence-corrected chi connectivity index (χ2v) is 10.5. The first-order valence-corrected chi connectivity index (χ1v) is 12.2. The van der Waals surface area contributed by atoms with Gasteiger partial charge < -0.3 is 9.88 Å². The summed E-state index contributed by atoms with van der Waals surface area (Å²) in [5, 5.41) is 0. The van der Waals surface area contributed by atoms with E-state index < -0.39 is 16.1 Å². The molecule has 2 aliphatic rings. The number of nitrogens with one attached hydrogen (secondary N) is 2. The Kier molecular flexibility index (Phi) is 4.67. The Morgan fingerprint density at radius 3 is 2.71 bits per heavy atom. The first-order valence-electron chi connectivity index (χ1n) is 10.7. The van der Waals surface area contributed by atoms with Crippen LogP contribution in [-0.2, 0) is 21.2 Å². The van der Waals surface area contributed by atoms with Gasteiger partial charge in [-0.2, -0.15) is 0 Å². The fraction of sp³-hybridized carbons (Fsp3) is 0.391. The SMILES string of the molecule is CC(=O)N1c2ccc(S(=O)(=O)NC(C)c3ccc4nc(C5CC5)[nH]c4c3)cc2CC1C. The molecule has 1 aliphatic heterocycles. The Morgan fingerprint density at radius 1 is 1.23 bits per heavy atom. The van der Waals surface area contributed by atoms with Crippen LogP contribution < -0.4 is 9.62 Å². The van der Waals surface area contributed by atoms with Crippen molar-refractivity contribution in [3.63, 3.8) is 0 Å². The molecule has 1 saturated carbocycles. The first kappa shape index (κ1) is 20.2. The minimum atomic E-state index is -3.72. The molecule has 0 spiro atoms. The third-order valence-electron chi connectivity index (χ3n) is 6.24. The number of anilines is 1. The van der Waals surface area contributed by atoms with Gasteiger partial charge in [0.25, 0.3) is 0 Å². The smallest absolute Gasteiger partial charge is 0.241 e. The molecule has 5 rings (SSSR count). The molecular formula is C23H26N4O3S. The third kappa shape index (κ3) is 3.64. The summed E-state index contributed by atoms with van der Waals surface area (Å²) in [6.45, 7) is 5.34. The van der Waals surface area contributed by atoms with Crippen LogP contribution in [0.3, 0.4) is 0 Å². The number of benzene rings is 2. The second kappa shape index (κ2) is 7.17. The number of fused-ring (bicyclic) bond motifs is 2. The fourth-order valence-corrected chi connectivity index (χ4v) is 5.77. The number of carbonyl (C=O) groups is 1. The number of imidazole rings is 1. The van der Waals surface area contributed by atoms with Gasteiger partial charge in [0.1, 0.15) is 5.82 Å². The topological polar surface area (TPSA) is 95.2 Å². The summed E-state index contributed by atoms with van der Waals surface area (Å²) in [7, 11) is -3.72. The zero-order valence-corrected chi connectivity index (χ0v) is 18.7. The molecule has 1 amide bonds. The van der Waals surface area contributed by atoms with Crippen LogP contribution >= 0.6 is 0 Å². The Labute approximate surface area is 181 Å². The van der Waals surface area contributed by atoms with Crippen molar-refractivity contribution in [1.82, 2.24) is 14.7 Å². The van der Waals surface area contributed by atoms with E-state index in [1.54, 1.807) is 23.1 Å². The van der Waals surface area contributed by atoms with Gasteiger partial charge in [0, 0.05) is 30.6 Å². The summed E-state index contributed by atoms with van der Waals surface area (Å²) >= 11 is 0. The molecule has 7 nitrogen and oxygen atoms in total. The number of aromatic amines is 1. The maximum absolute atomic E-state index is 13.1. The molecule has 1 fully saturated rings. The Balaban J connectivity index is 1.38. The zero-order valence-electron chi connectivity index (χ0n) is 17.8. The highest BCUT2D eigenvalue weighted by Gasteiger charge is 2.31. The second-order valence-electron chi connectivity index (χ2n) is 8.75. The number of rotatable bonds is 5. The lowest BCUT2D eigenvalue weighted by Gasteiger charge is -2.20. The van der Waals surface area contributed by atoms with Crippen molar-refractivity contribution in [2.75, 3.05) is 4.90 Å². The first-order chi connectivity index (χ1) is 14.7. The summed E-state index contributed by atoms with van der Waals surface area (Å²) in [6.07, 6.45) is 2.99. The quantitative estimate of drug-likeness (QED) is 0.634. The van der Waals surface area contributed by atoms with Gasteiger partial charge in [-0.15, -0.1) is 0 Å². The number of hydrogen-bond donors (Lipinski definition) is 2. The monoisotopic (exact) mass is 438 g/mol. The predicted octanol–water partition coefficient (Wildman–Crippen LogP) is 3.78. The number of nitrogens with zero attached hydrogens (tertiary/aromatic N) is 2. The van der Waals surface area contributed by atoms with Crippen LogP contribution in [0.25, 0.3) is 11.0 Å². The highest BCUT2D eigenvalue weighted by molar-refractivity contribution is 7.89. The van der Waals surface area contributed by atoms with Crippen molar-refractivity contribution in [2.24, 2.45) is 0 Å². The molecular weight excluding hydrogens is 412 g/mol. The molecule has 162 valence electrons. The Bertz CT molecular complexity index is 1290. The van der Waals surface area contributed by atoms with E-state index in [1.807, 2.05) is 32.0 Å². The van der Waals surface area contributed by atoms with Crippen molar-refractivity contribution in [3.8, 4) is 0 Å². The molecule has 2 N–H and O–H groups in total. The highest BCUT2D eigenvalue weighted by atomic mass is 32.2. The molecule has 0 saturated heterocycles. The van der Waals surface area contributed by atoms with Crippen LogP contribution in [0.2, 0.25) is 0 Å². The van der Waals surface area contributed by atoms with E-state index in [2.05, 4.69) is 14.7 Å². The van der Waals surface area contributed by atoms with Crippen LogP contribution in [0.1, 0.15) is 62.5 Å². The van der Waals surface area contributed by atoms with Crippen molar-refractivity contribution >= 4 is 32.7 Å². The van der Waals surface area contributed by atoms with E-state index in [4.69, 9.17) is 0 Å². The number of carbonyl (C=O) groups excluding carboxylic acids is 1. The maximum Gasteiger partial charge on any atom is 0.241 e. The summed E-state index contributed by atoms with van der Waals surface area (Å²) in [5.74, 6) is 1.52. The molecule has 3 aromatic rings. The Morgan fingerprint density at radius 2 is 2.00 bits per heavy atom. The van der Waals surface area contributed by atoms with Gasteiger partial charge in [-0.3, -0.25) is 4.79 Å². The minimum Gasteiger partial charge on any atom is -0.342 e. The third-order valence-corrected chi connectivity index (χ3v) is 7.77. The molecule has 31 heavy (non-hydrogen) atoms. The van der Waals surface area contributed by atoms with Gasteiger partial charge in [0.05, 0.1) is 15.9 Å². The molecule has 1 aromatic heterocycles. The number of amides is 1. The van der Waals surface area contributed by atoms with Gasteiger partial charge in [-0.05, 0) is 74.6 Å². The lowest BCUT2D eigenvalue weighted by molar-refractivity contribution is -0.116. The summed E-state index contributed by atoms with van der Waals surface area (Å²) in [5.41, 5.74) is 4.39. The van der Waals surface area contributed by atoms with Crippen molar-refractivity contribution < 1.29 is 13.2 Å². The predicted molar refractivity (Wildman–Crippen MR) is 120 cm³/mol. The molecule has 1 aliphatic carbocycles. The number of hydrogen-bond acceptors (Lipinski definition) is 4. The van der Waals surface area contributed by atoms with E-state index in [0.717, 1.165) is 33.7 Å². The summed E-state index contributed by atoms with van der Waals surface area (Å²) < 4.78 is 28.9. The number of H-pyrrole nitrogens is 1.